The van der Waals surface area contributed by atoms with Gasteiger partial charge in [-0.3, -0.25) is 4.79 Å². The number of nitrogen functional groups attached to an aromatic ring is 1. The molecule has 3 aromatic rings. The zero-order valence-electron chi connectivity index (χ0n) is 17.6. The highest BCUT2D eigenvalue weighted by Crippen LogP contribution is 2.25. The Morgan fingerprint density at radius 1 is 1.00 bits per heavy atom. The minimum absolute atomic E-state index is 0.220. The van der Waals surface area contributed by atoms with Gasteiger partial charge < -0.3 is 20.5 Å². The number of aromatic nitrogens is 1. The maximum atomic E-state index is 12.5. The van der Waals surface area contributed by atoms with E-state index in [-0.39, 0.29) is 11.7 Å². The lowest BCUT2D eigenvalue weighted by molar-refractivity contribution is 0.102. The van der Waals surface area contributed by atoms with Gasteiger partial charge in [-0.2, -0.15) is 0 Å². The van der Waals surface area contributed by atoms with Gasteiger partial charge in [-0.1, -0.05) is 13.3 Å². The van der Waals surface area contributed by atoms with E-state index in [0.717, 1.165) is 29.8 Å². The molecule has 0 radical (unpaired) electrons. The summed E-state index contributed by atoms with van der Waals surface area (Å²) in [7, 11) is 0. The smallest absolute Gasteiger partial charge is 0.259 e. The summed E-state index contributed by atoms with van der Waals surface area (Å²) in [5.41, 5.74) is 8.63. The normalized spacial score (nSPS) is 10.5. The second-order valence-electron chi connectivity index (χ2n) is 7.08. The summed E-state index contributed by atoms with van der Waals surface area (Å²) in [5, 5.41) is 2.84. The van der Waals surface area contributed by atoms with E-state index in [1.54, 1.807) is 30.3 Å². The van der Waals surface area contributed by atoms with Crippen molar-refractivity contribution in [1.82, 2.24) is 4.98 Å². The number of nitrogens with zero attached hydrogens (tertiary/aromatic N) is 1. The number of pyridine rings is 1. The number of anilines is 2. The fraction of sp³-hybridized carbons (Fsp3) is 0.250. The predicted octanol–water partition coefficient (Wildman–Crippen LogP) is 5.50. The third-order valence-corrected chi connectivity index (χ3v) is 4.68. The minimum atomic E-state index is -0.296. The summed E-state index contributed by atoms with van der Waals surface area (Å²) in [5.74, 6) is 2.13. The summed E-state index contributed by atoms with van der Waals surface area (Å²) in [6.07, 6.45) is 2.14. The van der Waals surface area contributed by atoms with Gasteiger partial charge in [-0.05, 0) is 80.4 Å². The molecular formula is C24H27N3O3. The van der Waals surface area contributed by atoms with Crippen LogP contribution in [0.4, 0.5) is 11.5 Å². The van der Waals surface area contributed by atoms with Crippen molar-refractivity contribution in [1.29, 1.82) is 0 Å². The number of aryl methyl sites for hydroxylation is 2. The zero-order chi connectivity index (χ0) is 21.5. The number of nitrogens with two attached hydrogens (primary N) is 1. The lowest BCUT2D eigenvalue weighted by atomic mass is 10.1. The van der Waals surface area contributed by atoms with Crippen molar-refractivity contribution in [3.63, 3.8) is 0 Å². The van der Waals surface area contributed by atoms with E-state index in [2.05, 4.69) is 17.2 Å². The second kappa shape index (κ2) is 9.78. The Morgan fingerprint density at radius 2 is 1.60 bits per heavy atom. The van der Waals surface area contributed by atoms with Gasteiger partial charge in [0, 0.05) is 11.4 Å². The molecule has 6 nitrogen and oxygen atoms in total. The second-order valence-corrected chi connectivity index (χ2v) is 7.08. The first kappa shape index (κ1) is 21.2. The number of hydrogen-bond acceptors (Lipinski definition) is 5. The molecule has 0 aliphatic carbocycles. The van der Waals surface area contributed by atoms with Gasteiger partial charge in [-0.25, -0.2) is 4.98 Å². The van der Waals surface area contributed by atoms with Crippen LogP contribution in [0.2, 0.25) is 0 Å². The molecule has 1 amide bonds. The van der Waals surface area contributed by atoms with Crippen LogP contribution >= 0.6 is 0 Å². The minimum Gasteiger partial charge on any atom is -0.494 e. The molecule has 1 heterocycles. The largest absolute Gasteiger partial charge is 0.494 e. The molecule has 0 aliphatic heterocycles. The molecule has 156 valence electrons. The first-order valence-electron chi connectivity index (χ1n) is 10.0. The van der Waals surface area contributed by atoms with E-state index >= 15 is 0 Å². The predicted molar refractivity (Wildman–Crippen MR) is 119 cm³/mol. The van der Waals surface area contributed by atoms with Gasteiger partial charge in [0.15, 0.2) is 0 Å². The molecule has 0 fully saturated rings. The Balaban J connectivity index is 1.60. The number of carbonyl (C=O) groups is 1. The summed E-state index contributed by atoms with van der Waals surface area (Å²) >= 11 is 0. The van der Waals surface area contributed by atoms with E-state index in [4.69, 9.17) is 15.2 Å². The van der Waals surface area contributed by atoms with Crippen molar-refractivity contribution in [2.45, 2.75) is 33.6 Å². The first-order valence-corrected chi connectivity index (χ1v) is 10.0. The Labute approximate surface area is 177 Å². The highest BCUT2D eigenvalue weighted by atomic mass is 16.5. The SMILES string of the molecule is CCCCOc1ccc(Oc2ccc(NC(=O)c3cc(C)c(C)nc3N)cc2)cc1. The summed E-state index contributed by atoms with van der Waals surface area (Å²) < 4.78 is 11.5. The molecule has 0 saturated carbocycles. The maximum absolute atomic E-state index is 12.5. The average Bonchev–Trinajstić information content (AvgIpc) is 2.73. The number of carbonyl (C=O) groups excluding carboxylic acids is 1. The van der Waals surface area contributed by atoms with E-state index in [9.17, 15) is 4.79 Å². The number of benzene rings is 2. The van der Waals surface area contributed by atoms with Gasteiger partial charge in [0.05, 0.1) is 12.2 Å². The highest BCUT2D eigenvalue weighted by molar-refractivity contribution is 6.07. The van der Waals surface area contributed by atoms with Crippen molar-refractivity contribution < 1.29 is 14.3 Å². The summed E-state index contributed by atoms with van der Waals surface area (Å²) in [4.78, 5) is 16.7. The molecule has 0 saturated heterocycles. The van der Waals surface area contributed by atoms with E-state index in [0.29, 0.717) is 29.4 Å². The fourth-order valence-electron chi connectivity index (χ4n) is 2.78. The number of hydrogen-bond donors (Lipinski definition) is 2. The van der Waals surface area contributed by atoms with Crippen LogP contribution in [-0.4, -0.2) is 17.5 Å². The van der Waals surface area contributed by atoms with E-state index < -0.39 is 0 Å². The quantitative estimate of drug-likeness (QED) is 0.483. The lowest BCUT2D eigenvalue weighted by Gasteiger charge is -2.11. The van der Waals surface area contributed by atoms with Crippen LogP contribution in [0.1, 0.15) is 41.4 Å². The Bertz CT molecular complexity index is 999. The number of nitrogens with one attached hydrogen (secondary N) is 1. The number of ether oxygens (including phenoxy) is 2. The molecule has 0 unspecified atom stereocenters. The van der Waals surface area contributed by atoms with Crippen molar-refractivity contribution in [2.24, 2.45) is 0 Å². The average molecular weight is 405 g/mol. The zero-order valence-corrected chi connectivity index (χ0v) is 17.6. The molecule has 3 N–H and O–H groups in total. The summed E-state index contributed by atoms with van der Waals surface area (Å²) in [6, 6.07) is 16.4. The van der Waals surface area contributed by atoms with Crippen LogP contribution in [0.15, 0.2) is 54.6 Å². The first-order chi connectivity index (χ1) is 14.5. The Hall–Kier alpha value is -3.54. The third kappa shape index (κ3) is 5.50. The molecule has 0 atom stereocenters. The topological polar surface area (TPSA) is 86.5 Å². The molecule has 6 heteroatoms. The standard InChI is InChI=1S/C24H27N3O3/c1-4-5-14-29-19-10-12-21(13-11-19)30-20-8-6-18(7-9-20)27-24(28)22-15-16(2)17(3)26-23(22)25/h6-13,15H,4-5,14H2,1-3H3,(H2,25,26)(H,27,28). The van der Waals surface area contributed by atoms with Crippen LogP contribution < -0.4 is 20.5 Å². The van der Waals surface area contributed by atoms with E-state index in [1.807, 2.05) is 38.1 Å². The van der Waals surface area contributed by atoms with E-state index in [1.165, 1.54) is 0 Å². The number of unbranched alkanes of at least 4 members (excludes halogenated alkanes) is 1. The number of amides is 1. The molecular weight excluding hydrogens is 378 g/mol. The van der Waals surface area contributed by atoms with Gasteiger partial charge in [-0.15, -0.1) is 0 Å². The Morgan fingerprint density at radius 3 is 2.23 bits per heavy atom. The third-order valence-electron chi connectivity index (χ3n) is 4.68. The highest BCUT2D eigenvalue weighted by Gasteiger charge is 2.13. The molecule has 1 aromatic heterocycles. The molecule has 2 aromatic carbocycles. The Kier molecular flexibility index (Phi) is 6.91. The van der Waals surface area contributed by atoms with Crippen molar-refractivity contribution in [3.8, 4) is 17.2 Å². The van der Waals surface area contributed by atoms with Gasteiger partial charge >= 0.3 is 0 Å². The van der Waals surface area contributed by atoms with Crippen LogP contribution in [0.5, 0.6) is 17.2 Å². The van der Waals surface area contributed by atoms with Crippen LogP contribution in [0, 0.1) is 13.8 Å². The van der Waals surface area contributed by atoms with Crippen molar-refractivity contribution >= 4 is 17.4 Å². The number of rotatable bonds is 8. The van der Waals surface area contributed by atoms with Gasteiger partial charge in [0.25, 0.3) is 5.91 Å². The lowest BCUT2D eigenvalue weighted by Crippen LogP contribution is -2.15. The van der Waals surface area contributed by atoms with Crippen molar-refractivity contribution in [3.05, 3.63) is 71.4 Å². The van der Waals surface area contributed by atoms with Crippen LogP contribution in [-0.2, 0) is 0 Å². The molecule has 0 bridgehead atoms. The van der Waals surface area contributed by atoms with Gasteiger partial charge in [0.2, 0.25) is 0 Å². The van der Waals surface area contributed by atoms with Gasteiger partial charge in [0.1, 0.15) is 23.1 Å². The van der Waals surface area contributed by atoms with Crippen LogP contribution in [0.3, 0.4) is 0 Å². The molecule has 3 rings (SSSR count). The fourth-order valence-corrected chi connectivity index (χ4v) is 2.78. The van der Waals surface area contributed by atoms with Crippen molar-refractivity contribution in [2.75, 3.05) is 17.7 Å². The molecule has 0 aliphatic rings. The maximum Gasteiger partial charge on any atom is 0.259 e. The molecule has 30 heavy (non-hydrogen) atoms. The monoisotopic (exact) mass is 405 g/mol. The summed E-state index contributed by atoms with van der Waals surface area (Å²) in [6.45, 7) is 6.61. The molecule has 0 spiro atoms. The van der Waals surface area contributed by atoms with Crippen LogP contribution in [0.25, 0.3) is 0 Å².